The van der Waals surface area contributed by atoms with Crippen molar-refractivity contribution < 1.29 is 36.2 Å². The number of urea groups is 1. The summed E-state index contributed by atoms with van der Waals surface area (Å²) in [5.41, 5.74) is -1.21. The molecule has 0 radical (unpaired) electrons. The highest BCUT2D eigenvalue weighted by Gasteiger charge is 2.40. The maximum atomic E-state index is 13.5. The second-order valence-electron chi connectivity index (χ2n) is 6.19. The number of hydrogen-bond donors (Lipinski definition) is 0. The topological polar surface area (TPSA) is 51.1 Å². The monoisotopic (exact) mass is 498 g/mol. The van der Waals surface area contributed by atoms with Gasteiger partial charge in [-0.3, -0.25) is 4.90 Å². The van der Waals surface area contributed by atoms with E-state index in [9.17, 15) is 26.7 Å². The van der Waals surface area contributed by atoms with Crippen LogP contribution in [0.5, 0.6) is 5.75 Å². The van der Waals surface area contributed by atoms with Crippen molar-refractivity contribution in [2.75, 3.05) is 18.6 Å². The first kappa shape index (κ1) is 25.7. The third-order valence-electron chi connectivity index (χ3n) is 3.96. The predicted octanol–water partition coefficient (Wildman–Crippen LogP) is 6.52. The zero-order chi connectivity index (χ0) is 24.1. The van der Waals surface area contributed by atoms with Crippen LogP contribution in [-0.2, 0) is 10.9 Å². The lowest BCUT2D eigenvalue weighted by molar-refractivity contribution is -0.163. The summed E-state index contributed by atoms with van der Waals surface area (Å²) in [5, 5.41) is 0. The van der Waals surface area contributed by atoms with E-state index < -0.39 is 40.2 Å². The number of benzene rings is 2. The Kier molecular flexibility index (Phi) is 8.30. The van der Waals surface area contributed by atoms with E-state index in [0.717, 1.165) is 29.2 Å². The Morgan fingerprint density at radius 2 is 1.66 bits per heavy atom. The molecule has 0 atom stereocenters. The fourth-order valence-electron chi connectivity index (χ4n) is 2.44. The first-order chi connectivity index (χ1) is 14.9. The van der Waals surface area contributed by atoms with Crippen molar-refractivity contribution in [3.63, 3.8) is 0 Å². The van der Waals surface area contributed by atoms with Gasteiger partial charge in [0, 0.05) is 18.3 Å². The van der Waals surface area contributed by atoms with Gasteiger partial charge in [-0.05, 0) is 43.3 Å². The Labute approximate surface area is 190 Å². The van der Waals surface area contributed by atoms with Gasteiger partial charge in [0.2, 0.25) is 10.7 Å². The average molecular weight is 499 g/mol. The lowest BCUT2D eigenvalue weighted by atomic mass is 10.1. The number of amides is 2. The normalized spacial score (nSPS) is 12.6. The van der Waals surface area contributed by atoms with Gasteiger partial charge < -0.3 is 9.47 Å². The summed E-state index contributed by atoms with van der Waals surface area (Å²) in [7, 11) is 1.29. The molecule has 0 aliphatic heterocycles. The van der Waals surface area contributed by atoms with E-state index in [1.807, 2.05) is 0 Å². The smallest absolute Gasteiger partial charge is 0.428 e. The summed E-state index contributed by atoms with van der Waals surface area (Å²) in [6, 6.07) is 8.38. The molecular weight excluding hydrogens is 482 g/mol. The molecule has 12 heteroatoms. The maximum absolute atomic E-state index is 13.5. The van der Waals surface area contributed by atoms with E-state index >= 15 is 0 Å². The van der Waals surface area contributed by atoms with E-state index in [4.69, 9.17) is 27.9 Å². The predicted molar refractivity (Wildman–Crippen MR) is 111 cm³/mol. The summed E-state index contributed by atoms with van der Waals surface area (Å²) in [6.07, 6.45) is -8.53. The number of hydrogen-bond acceptors (Lipinski definition) is 3. The minimum Gasteiger partial charge on any atom is -0.477 e. The quantitative estimate of drug-likeness (QED) is 0.197. The maximum Gasteiger partial charge on any atom is 0.428 e. The van der Waals surface area contributed by atoms with Gasteiger partial charge in [-0.2, -0.15) is 26.9 Å². The molecule has 0 aromatic heterocycles. The zero-order valence-electron chi connectivity index (χ0n) is 16.7. The van der Waals surface area contributed by atoms with Gasteiger partial charge in [-0.15, -0.1) is 0 Å². The molecule has 2 rings (SSSR count). The number of alkyl halides is 7. The van der Waals surface area contributed by atoms with Crippen LogP contribution in [0, 0.1) is 0 Å². The van der Waals surface area contributed by atoms with Crippen molar-refractivity contribution in [3.05, 3.63) is 59.7 Å². The third kappa shape index (κ3) is 6.46. The standard InChI is InChI=1S/C20H17Cl2F5N2O3/c1-3-31-16(14-6-4-5-7-15(14)19(23,24)25)28-18(30)29(2)12-8-10-13(11-9-12)32-20(26,27)17(21)22/h4-11,17H,3H2,1-2H3/b28-16-. The molecule has 32 heavy (non-hydrogen) atoms. The van der Waals surface area contributed by atoms with E-state index in [0.29, 0.717) is 0 Å². The van der Waals surface area contributed by atoms with Crippen molar-refractivity contribution in [2.24, 2.45) is 4.99 Å². The van der Waals surface area contributed by atoms with Crippen LogP contribution in [-0.4, -0.2) is 36.5 Å². The van der Waals surface area contributed by atoms with Gasteiger partial charge in [0.05, 0.1) is 12.2 Å². The largest absolute Gasteiger partial charge is 0.477 e. The van der Waals surface area contributed by atoms with Crippen LogP contribution in [0.4, 0.5) is 32.4 Å². The molecule has 0 N–H and O–H groups in total. The molecule has 0 saturated carbocycles. The second kappa shape index (κ2) is 10.4. The number of nitrogens with zero attached hydrogens (tertiary/aromatic N) is 2. The summed E-state index contributed by atoms with van der Waals surface area (Å²) in [4.78, 5) is 15.1. The molecule has 5 nitrogen and oxygen atoms in total. The van der Waals surface area contributed by atoms with Gasteiger partial charge in [0.15, 0.2) is 0 Å². The molecule has 2 aromatic rings. The first-order valence-corrected chi connectivity index (χ1v) is 9.85. The highest BCUT2D eigenvalue weighted by atomic mass is 35.5. The highest BCUT2D eigenvalue weighted by Crippen LogP contribution is 2.33. The third-order valence-corrected chi connectivity index (χ3v) is 4.47. The van der Waals surface area contributed by atoms with Crippen molar-refractivity contribution in [2.45, 2.75) is 24.0 Å². The van der Waals surface area contributed by atoms with E-state index in [-0.39, 0.29) is 18.0 Å². The Morgan fingerprint density at radius 3 is 2.19 bits per heavy atom. The molecule has 0 fully saturated rings. The Hall–Kier alpha value is -2.59. The van der Waals surface area contributed by atoms with Gasteiger partial charge in [0.25, 0.3) is 0 Å². The molecule has 0 aliphatic rings. The van der Waals surface area contributed by atoms with E-state index in [1.165, 1.54) is 38.2 Å². The molecule has 0 unspecified atom stereocenters. The van der Waals surface area contributed by atoms with Crippen LogP contribution >= 0.6 is 23.2 Å². The van der Waals surface area contributed by atoms with Crippen molar-refractivity contribution in [1.82, 2.24) is 0 Å². The summed E-state index contributed by atoms with van der Waals surface area (Å²) in [5.74, 6) is -0.782. The number of ether oxygens (including phenoxy) is 2. The van der Waals surface area contributed by atoms with E-state index in [1.54, 1.807) is 0 Å². The molecule has 2 amide bonds. The average Bonchev–Trinajstić information content (AvgIpc) is 2.72. The Bertz CT molecular complexity index is 966. The fourth-order valence-corrected chi connectivity index (χ4v) is 2.52. The van der Waals surface area contributed by atoms with Crippen LogP contribution < -0.4 is 9.64 Å². The molecule has 0 heterocycles. The number of halogens is 7. The SMILES string of the molecule is CCO/C(=N\C(=O)N(C)c1ccc(OC(F)(F)C(Cl)Cl)cc1)c1ccccc1C(F)(F)F. The molecule has 0 aliphatic carbocycles. The molecule has 0 spiro atoms. The summed E-state index contributed by atoms with van der Waals surface area (Å²) in [6.45, 7) is 1.49. The van der Waals surface area contributed by atoms with Crippen LogP contribution in [0.25, 0.3) is 0 Å². The van der Waals surface area contributed by atoms with Gasteiger partial charge in [0.1, 0.15) is 5.75 Å². The number of anilines is 1. The lowest BCUT2D eigenvalue weighted by Gasteiger charge is -2.20. The van der Waals surface area contributed by atoms with Crippen LogP contribution in [0.1, 0.15) is 18.1 Å². The first-order valence-electron chi connectivity index (χ1n) is 8.97. The molecule has 0 saturated heterocycles. The number of rotatable bonds is 6. The van der Waals surface area contributed by atoms with Gasteiger partial charge in [-0.1, -0.05) is 35.3 Å². The Balaban J connectivity index is 2.29. The second-order valence-corrected chi connectivity index (χ2v) is 7.29. The summed E-state index contributed by atoms with van der Waals surface area (Å²) < 4.78 is 76.5. The van der Waals surface area contributed by atoms with Crippen molar-refractivity contribution in [3.8, 4) is 5.75 Å². The molecule has 2 aromatic carbocycles. The van der Waals surface area contributed by atoms with Gasteiger partial charge in [-0.25, -0.2) is 4.79 Å². The number of aliphatic imine (C=N–C) groups is 1. The van der Waals surface area contributed by atoms with Gasteiger partial charge >= 0.3 is 18.3 Å². The van der Waals surface area contributed by atoms with E-state index in [2.05, 4.69) is 9.73 Å². The van der Waals surface area contributed by atoms with Crippen molar-refractivity contribution in [1.29, 1.82) is 0 Å². The van der Waals surface area contributed by atoms with Crippen LogP contribution in [0.3, 0.4) is 0 Å². The van der Waals surface area contributed by atoms with Crippen molar-refractivity contribution >= 4 is 40.8 Å². The number of carbonyl (C=O) groups is 1. The van der Waals surface area contributed by atoms with Crippen LogP contribution in [0.2, 0.25) is 0 Å². The minimum absolute atomic E-state index is 0.0373. The lowest BCUT2D eigenvalue weighted by Crippen LogP contribution is -2.32. The minimum atomic E-state index is -4.69. The summed E-state index contributed by atoms with van der Waals surface area (Å²) >= 11 is 10.3. The fraction of sp³-hybridized carbons (Fsp3) is 0.300. The zero-order valence-corrected chi connectivity index (χ0v) is 18.2. The number of carbonyl (C=O) groups excluding carboxylic acids is 1. The van der Waals surface area contributed by atoms with Crippen LogP contribution in [0.15, 0.2) is 53.5 Å². The molecule has 0 bridgehead atoms. The Morgan fingerprint density at radius 1 is 1.06 bits per heavy atom. The molecular formula is C20H17Cl2F5N2O3. The molecule has 174 valence electrons. The highest BCUT2D eigenvalue weighted by molar-refractivity contribution is 6.44.